The molecule has 0 saturated carbocycles. The molecule has 0 saturated heterocycles. The number of carboxylic acids is 2. The van der Waals surface area contributed by atoms with Gasteiger partial charge in [-0.1, -0.05) is 36.4 Å². The first-order valence-electron chi connectivity index (χ1n) is 7.65. The molecule has 3 aromatic carbocycles. The Morgan fingerprint density at radius 3 is 1.27 bits per heavy atom. The van der Waals surface area contributed by atoms with E-state index in [-0.39, 0.29) is 22.6 Å². The van der Waals surface area contributed by atoms with Gasteiger partial charge in [-0.15, -0.1) is 0 Å². The standard InChI is InChI=1S/C20H14O6/c21-19(22)15-12-18(26-14-9-5-2-6-10-14)16(20(23)24)11-17(15)25-13-7-3-1-4-8-13/h1-12H,(H,21,22)(H,23,24). The first-order valence-corrected chi connectivity index (χ1v) is 7.65. The van der Waals surface area contributed by atoms with Gasteiger partial charge in [0.2, 0.25) is 0 Å². The summed E-state index contributed by atoms with van der Waals surface area (Å²) in [7, 11) is 0. The lowest BCUT2D eigenvalue weighted by atomic mass is 10.1. The van der Waals surface area contributed by atoms with E-state index in [1.54, 1.807) is 60.7 Å². The molecule has 0 spiro atoms. The summed E-state index contributed by atoms with van der Waals surface area (Å²) in [5.41, 5.74) is -0.408. The first-order chi connectivity index (χ1) is 12.5. The summed E-state index contributed by atoms with van der Waals surface area (Å²) in [6, 6.07) is 19.3. The van der Waals surface area contributed by atoms with Gasteiger partial charge in [-0.3, -0.25) is 0 Å². The number of hydrogen-bond acceptors (Lipinski definition) is 4. The van der Waals surface area contributed by atoms with Gasteiger partial charge in [-0.25, -0.2) is 9.59 Å². The second-order valence-electron chi connectivity index (χ2n) is 5.29. The van der Waals surface area contributed by atoms with E-state index in [0.29, 0.717) is 11.5 Å². The Morgan fingerprint density at radius 2 is 0.962 bits per heavy atom. The van der Waals surface area contributed by atoms with Crippen LogP contribution in [0.15, 0.2) is 72.8 Å². The van der Waals surface area contributed by atoms with Gasteiger partial charge in [-0.05, 0) is 36.4 Å². The van der Waals surface area contributed by atoms with Crippen LogP contribution in [0.4, 0.5) is 0 Å². The predicted octanol–water partition coefficient (Wildman–Crippen LogP) is 4.67. The van der Waals surface area contributed by atoms with E-state index in [9.17, 15) is 19.8 Å². The third-order valence-corrected chi connectivity index (χ3v) is 3.48. The smallest absolute Gasteiger partial charge is 0.339 e. The highest BCUT2D eigenvalue weighted by Crippen LogP contribution is 2.34. The molecule has 0 aliphatic heterocycles. The van der Waals surface area contributed by atoms with Crippen LogP contribution < -0.4 is 9.47 Å². The molecule has 0 fully saturated rings. The van der Waals surface area contributed by atoms with Crippen molar-refractivity contribution in [3.8, 4) is 23.0 Å². The Balaban J connectivity index is 2.06. The molecule has 6 nitrogen and oxygen atoms in total. The van der Waals surface area contributed by atoms with Crippen LogP contribution in [-0.2, 0) is 0 Å². The fraction of sp³-hybridized carbons (Fsp3) is 0. The molecule has 26 heavy (non-hydrogen) atoms. The molecular weight excluding hydrogens is 336 g/mol. The summed E-state index contributed by atoms with van der Waals surface area (Å²) in [6.07, 6.45) is 0. The van der Waals surface area contributed by atoms with E-state index < -0.39 is 11.9 Å². The van der Waals surface area contributed by atoms with Crippen molar-refractivity contribution in [1.82, 2.24) is 0 Å². The first kappa shape index (κ1) is 17.0. The average Bonchev–Trinajstić information content (AvgIpc) is 2.64. The minimum atomic E-state index is -1.26. The molecule has 130 valence electrons. The highest BCUT2D eigenvalue weighted by atomic mass is 16.5. The van der Waals surface area contributed by atoms with Crippen molar-refractivity contribution >= 4 is 11.9 Å². The zero-order chi connectivity index (χ0) is 18.5. The van der Waals surface area contributed by atoms with Crippen LogP contribution in [0.3, 0.4) is 0 Å². The SMILES string of the molecule is O=C(O)c1cc(Oc2ccccc2)c(C(=O)O)cc1Oc1ccccc1. The van der Waals surface area contributed by atoms with Gasteiger partial charge in [0.25, 0.3) is 0 Å². The largest absolute Gasteiger partial charge is 0.478 e. The van der Waals surface area contributed by atoms with Crippen molar-refractivity contribution in [2.24, 2.45) is 0 Å². The Hall–Kier alpha value is -3.80. The number of rotatable bonds is 6. The lowest BCUT2D eigenvalue weighted by Crippen LogP contribution is -2.06. The Morgan fingerprint density at radius 1 is 0.615 bits per heavy atom. The van der Waals surface area contributed by atoms with Crippen LogP contribution in [0.1, 0.15) is 20.7 Å². The zero-order valence-corrected chi connectivity index (χ0v) is 13.5. The predicted molar refractivity (Wildman–Crippen MR) is 93.4 cm³/mol. The van der Waals surface area contributed by atoms with Crippen molar-refractivity contribution in [3.63, 3.8) is 0 Å². The summed E-state index contributed by atoms with van der Waals surface area (Å²) in [4.78, 5) is 23.2. The molecule has 0 bridgehead atoms. The number of carbonyl (C=O) groups is 2. The summed E-state index contributed by atoms with van der Waals surface area (Å²) in [5.74, 6) is -1.90. The molecule has 2 N–H and O–H groups in total. The van der Waals surface area contributed by atoms with Crippen molar-refractivity contribution in [1.29, 1.82) is 0 Å². The highest BCUT2D eigenvalue weighted by Gasteiger charge is 2.21. The molecule has 0 aliphatic carbocycles. The maximum absolute atomic E-state index is 11.6. The molecule has 0 atom stereocenters. The fourth-order valence-electron chi connectivity index (χ4n) is 2.29. The van der Waals surface area contributed by atoms with Gasteiger partial charge in [0, 0.05) is 0 Å². The summed E-state index contributed by atoms with van der Waals surface area (Å²) in [5, 5.41) is 19.0. The maximum atomic E-state index is 11.6. The van der Waals surface area contributed by atoms with Crippen LogP contribution in [0.2, 0.25) is 0 Å². The third-order valence-electron chi connectivity index (χ3n) is 3.48. The number of para-hydroxylation sites is 2. The fourth-order valence-corrected chi connectivity index (χ4v) is 2.29. The van der Waals surface area contributed by atoms with Gasteiger partial charge >= 0.3 is 11.9 Å². The minimum Gasteiger partial charge on any atom is -0.478 e. The van der Waals surface area contributed by atoms with E-state index >= 15 is 0 Å². The van der Waals surface area contributed by atoms with Crippen molar-refractivity contribution in [2.45, 2.75) is 0 Å². The van der Waals surface area contributed by atoms with Gasteiger partial charge in [0.1, 0.15) is 34.1 Å². The van der Waals surface area contributed by atoms with E-state index in [2.05, 4.69) is 0 Å². The molecule has 6 heteroatoms. The maximum Gasteiger partial charge on any atom is 0.339 e. The number of aromatic carboxylic acids is 2. The minimum absolute atomic E-state index is 0.0819. The van der Waals surface area contributed by atoms with Crippen molar-refractivity contribution in [2.75, 3.05) is 0 Å². The van der Waals surface area contributed by atoms with Crippen LogP contribution in [0.25, 0.3) is 0 Å². The quantitative estimate of drug-likeness (QED) is 0.671. The van der Waals surface area contributed by atoms with E-state index in [1.807, 2.05) is 0 Å². The topological polar surface area (TPSA) is 93.1 Å². The van der Waals surface area contributed by atoms with Gasteiger partial charge in [0.05, 0.1) is 0 Å². The second-order valence-corrected chi connectivity index (χ2v) is 5.29. The third kappa shape index (κ3) is 3.81. The second kappa shape index (κ2) is 7.40. The molecule has 0 aromatic heterocycles. The Labute approximate surface area is 148 Å². The molecule has 3 aromatic rings. The van der Waals surface area contributed by atoms with Crippen LogP contribution in [0.5, 0.6) is 23.0 Å². The van der Waals surface area contributed by atoms with Crippen LogP contribution in [0, 0.1) is 0 Å². The molecule has 3 rings (SSSR count). The Kier molecular flexibility index (Phi) is 4.85. The molecule has 0 heterocycles. The Bertz CT molecular complexity index is 856. The number of benzene rings is 3. The lowest BCUT2D eigenvalue weighted by molar-refractivity contribution is 0.0676. The molecule has 0 amide bonds. The van der Waals surface area contributed by atoms with Crippen molar-refractivity contribution in [3.05, 3.63) is 83.9 Å². The van der Waals surface area contributed by atoms with Gasteiger partial charge in [-0.2, -0.15) is 0 Å². The summed E-state index contributed by atoms with van der Waals surface area (Å²) < 4.78 is 11.1. The van der Waals surface area contributed by atoms with E-state index in [4.69, 9.17) is 9.47 Å². The van der Waals surface area contributed by atoms with E-state index in [1.165, 1.54) is 0 Å². The summed E-state index contributed by atoms with van der Waals surface area (Å²) in [6.45, 7) is 0. The zero-order valence-electron chi connectivity index (χ0n) is 13.5. The van der Waals surface area contributed by atoms with Gasteiger partial charge in [0.15, 0.2) is 0 Å². The monoisotopic (exact) mass is 350 g/mol. The molecular formula is C20H14O6. The molecule has 0 aliphatic rings. The summed E-state index contributed by atoms with van der Waals surface area (Å²) >= 11 is 0. The highest BCUT2D eigenvalue weighted by molar-refractivity contribution is 5.97. The normalized spacial score (nSPS) is 10.2. The van der Waals surface area contributed by atoms with E-state index in [0.717, 1.165) is 12.1 Å². The lowest BCUT2D eigenvalue weighted by Gasteiger charge is -2.14. The van der Waals surface area contributed by atoms with Gasteiger partial charge < -0.3 is 19.7 Å². The number of hydrogen-bond donors (Lipinski definition) is 2. The molecule has 0 radical (unpaired) electrons. The number of ether oxygens (including phenoxy) is 2. The van der Waals surface area contributed by atoms with Crippen LogP contribution in [-0.4, -0.2) is 22.2 Å². The average molecular weight is 350 g/mol. The number of carboxylic acid groups (broad SMARTS) is 2. The van der Waals surface area contributed by atoms with Crippen LogP contribution >= 0.6 is 0 Å². The molecule has 0 unspecified atom stereocenters. The van der Waals surface area contributed by atoms with Crippen molar-refractivity contribution < 1.29 is 29.3 Å².